The van der Waals surface area contributed by atoms with E-state index in [-0.39, 0.29) is 24.1 Å². The van der Waals surface area contributed by atoms with Crippen LogP contribution in [-0.4, -0.2) is 68.6 Å². The fourth-order valence-electron chi connectivity index (χ4n) is 5.91. The van der Waals surface area contributed by atoms with Crippen molar-refractivity contribution in [2.45, 2.75) is 52.0 Å². The molecule has 2 aliphatic rings. The molecule has 6 rings (SSSR count). The number of nitrogens with one attached hydrogen (secondary N) is 1. The number of benzene rings is 4. The van der Waals surface area contributed by atoms with Crippen LogP contribution in [0.25, 0.3) is 12.2 Å². The minimum absolute atomic E-state index is 0.0543. The normalized spacial score (nSPS) is 18.3. The number of rotatable bonds is 9. The minimum Gasteiger partial charge on any atom is -0.478 e. The lowest BCUT2D eigenvalue weighted by atomic mass is 10.1. The molecule has 9 nitrogen and oxygen atoms in total. The summed E-state index contributed by atoms with van der Waals surface area (Å²) in [7, 11) is 0. The fraction of sp³-hybridized carbons (Fsp3) is 0.318. The van der Waals surface area contributed by atoms with Crippen LogP contribution < -0.4 is 20.9 Å². The first-order chi connectivity index (χ1) is 25.6. The molecule has 4 N–H and O–H groups in total. The van der Waals surface area contributed by atoms with Crippen LogP contribution in [0.4, 0.5) is 11.4 Å². The summed E-state index contributed by atoms with van der Waals surface area (Å²) in [6.45, 7) is 13.5. The molecule has 2 saturated heterocycles. The highest BCUT2D eigenvalue weighted by Gasteiger charge is 2.19. The number of aliphatic carboxylic acids is 1. The van der Waals surface area contributed by atoms with Gasteiger partial charge in [-0.05, 0) is 86.4 Å². The quantitative estimate of drug-likeness (QED) is 0.152. The molecule has 4 atom stereocenters. The van der Waals surface area contributed by atoms with Crippen molar-refractivity contribution in [3.8, 4) is 0 Å². The Bertz CT molecular complexity index is 1760. The van der Waals surface area contributed by atoms with Crippen LogP contribution in [0.5, 0.6) is 0 Å². The SMILES string of the molecule is CC1CN(c2cccc([C@H](C)N)c2)CCO1.CC1CN(c2cccc([C@H](C)NC(=O)/C=C/c3ccccc3)c2)CCO1.O=C(O)/C=C/c1ccccc1. The van der Waals surface area contributed by atoms with Crippen molar-refractivity contribution in [2.75, 3.05) is 49.2 Å². The monoisotopic (exact) mass is 718 g/mol. The Labute approximate surface area is 314 Å². The molecule has 0 spiro atoms. The van der Waals surface area contributed by atoms with Gasteiger partial charge in [-0.3, -0.25) is 4.79 Å². The van der Waals surface area contributed by atoms with E-state index in [2.05, 4.69) is 71.4 Å². The highest BCUT2D eigenvalue weighted by Crippen LogP contribution is 2.23. The van der Waals surface area contributed by atoms with Crippen molar-refractivity contribution < 1.29 is 24.2 Å². The summed E-state index contributed by atoms with van der Waals surface area (Å²) in [5.74, 6) is -1.01. The Hall–Kier alpha value is -5.22. The third-order valence-corrected chi connectivity index (χ3v) is 8.78. The number of hydrogen-bond acceptors (Lipinski definition) is 7. The highest BCUT2D eigenvalue weighted by molar-refractivity contribution is 5.92. The minimum atomic E-state index is -0.922. The molecule has 2 fully saturated rings. The van der Waals surface area contributed by atoms with Crippen LogP contribution in [-0.2, 0) is 19.1 Å². The Morgan fingerprint density at radius 2 is 1.19 bits per heavy atom. The van der Waals surface area contributed by atoms with E-state index in [1.165, 1.54) is 16.9 Å². The number of anilines is 2. The second kappa shape index (κ2) is 21.3. The van der Waals surface area contributed by atoms with E-state index in [1.54, 1.807) is 12.2 Å². The fourth-order valence-corrected chi connectivity index (χ4v) is 5.91. The Morgan fingerprint density at radius 1 is 0.717 bits per heavy atom. The highest BCUT2D eigenvalue weighted by atomic mass is 16.5. The molecule has 0 aliphatic carbocycles. The molecular formula is C44H54N4O5. The Kier molecular flexibility index (Phi) is 16.3. The molecule has 2 unspecified atom stereocenters. The summed E-state index contributed by atoms with van der Waals surface area (Å²) < 4.78 is 11.2. The van der Waals surface area contributed by atoms with Gasteiger partial charge in [0, 0.05) is 55.7 Å². The van der Waals surface area contributed by atoms with Crippen LogP contribution in [0.2, 0.25) is 0 Å². The van der Waals surface area contributed by atoms with Crippen LogP contribution in [0, 0.1) is 0 Å². The van der Waals surface area contributed by atoms with Gasteiger partial charge in [0.05, 0.1) is 31.5 Å². The molecule has 4 aromatic carbocycles. The maximum atomic E-state index is 12.2. The zero-order valence-electron chi connectivity index (χ0n) is 31.3. The van der Waals surface area contributed by atoms with E-state index < -0.39 is 5.97 Å². The summed E-state index contributed by atoms with van der Waals surface area (Å²) in [5, 5.41) is 11.3. The molecule has 9 heteroatoms. The van der Waals surface area contributed by atoms with Gasteiger partial charge in [-0.2, -0.15) is 0 Å². The second-order valence-electron chi connectivity index (χ2n) is 13.3. The van der Waals surface area contributed by atoms with Crippen molar-refractivity contribution in [1.82, 2.24) is 5.32 Å². The van der Waals surface area contributed by atoms with E-state index in [1.807, 2.05) is 86.7 Å². The van der Waals surface area contributed by atoms with Crippen LogP contribution in [0.1, 0.15) is 62.0 Å². The smallest absolute Gasteiger partial charge is 0.328 e. The molecule has 2 aliphatic heterocycles. The number of nitrogens with zero attached hydrogens (tertiary/aromatic N) is 2. The third-order valence-electron chi connectivity index (χ3n) is 8.78. The molecule has 2 heterocycles. The van der Waals surface area contributed by atoms with Crippen molar-refractivity contribution in [3.63, 3.8) is 0 Å². The Balaban J connectivity index is 0.000000197. The van der Waals surface area contributed by atoms with E-state index in [9.17, 15) is 9.59 Å². The number of hydrogen-bond donors (Lipinski definition) is 3. The molecular weight excluding hydrogens is 665 g/mol. The molecule has 1 amide bonds. The number of morpholine rings is 2. The lowest BCUT2D eigenvalue weighted by molar-refractivity contribution is -0.131. The average Bonchev–Trinajstić information content (AvgIpc) is 3.18. The van der Waals surface area contributed by atoms with Crippen molar-refractivity contribution in [2.24, 2.45) is 5.73 Å². The molecule has 0 radical (unpaired) electrons. The summed E-state index contributed by atoms with van der Waals surface area (Å²) in [6, 6.07) is 36.0. The first-order valence-corrected chi connectivity index (χ1v) is 18.3. The van der Waals surface area contributed by atoms with Crippen LogP contribution in [0.15, 0.2) is 121 Å². The number of carbonyl (C=O) groups is 2. The molecule has 0 bridgehead atoms. The first kappa shape index (κ1) is 40.5. The van der Waals surface area contributed by atoms with Crippen molar-refractivity contribution in [3.05, 3.63) is 144 Å². The van der Waals surface area contributed by atoms with Crippen LogP contribution in [0.3, 0.4) is 0 Å². The zero-order valence-corrected chi connectivity index (χ0v) is 31.3. The van der Waals surface area contributed by atoms with E-state index in [4.69, 9.17) is 20.3 Å². The van der Waals surface area contributed by atoms with Gasteiger partial charge >= 0.3 is 5.97 Å². The molecule has 0 saturated carbocycles. The summed E-state index contributed by atoms with van der Waals surface area (Å²) in [4.78, 5) is 27.0. The van der Waals surface area contributed by atoms with E-state index in [0.717, 1.165) is 62.2 Å². The lowest BCUT2D eigenvalue weighted by Gasteiger charge is -2.33. The standard InChI is InChI=1S/C22H26N2O2.C13H20N2O.C9H8O2/c1-17-16-24(13-14-26-17)21-10-6-9-20(15-21)18(2)23-22(25)12-11-19-7-4-3-5-8-19;1-10-9-15(6-7-16-10)13-5-3-4-12(8-13)11(2)14;10-9(11)7-6-8-4-2-1-3-5-8/h3-12,15,17-18H,13-14,16H2,1-2H3,(H,23,25);3-5,8,10-11H,6-7,9,14H2,1-2H3;1-7H,(H,10,11)/b12-11+;;7-6+/t17?,18-;10?,11-;/m00./s1. The van der Waals surface area contributed by atoms with Crippen molar-refractivity contribution >= 4 is 35.4 Å². The van der Waals surface area contributed by atoms with Gasteiger partial charge in [-0.25, -0.2) is 4.79 Å². The maximum Gasteiger partial charge on any atom is 0.328 e. The molecule has 53 heavy (non-hydrogen) atoms. The van der Waals surface area contributed by atoms with Crippen LogP contribution >= 0.6 is 0 Å². The first-order valence-electron chi connectivity index (χ1n) is 18.3. The lowest BCUT2D eigenvalue weighted by Crippen LogP contribution is -2.41. The second-order valence-corrected chi connectivity index (χ2v) is 13.3. The maximum absolute atomic E-state index is 12.2. The number of carboxylic acid groups (broad SMARTS) is 1. The van der Waals surface area contributed by atoms with Gasteiger partial charge in [-0.15, -0.1) is 0 Å². The number of ether oxygens (including phenoxy) is 2. The summed E-state index contributed by atoms with van der Waals surface area (Å²) in [6.07, 6.45) is 6.64. The number of carboxylic acids is 1. The van der Waals surface area contributed by atoms with Gasteiger partial charge in [0.25, 0.3) is 0 Å². The van der Waals surface area contributed by atoms with Gasteiger partial charge < -0.3 is 35.4 Å². The summed E-state index contributed by atoms with van der Waals surface area (Å²) in [5.41, 5.74) is 12.5. The zero-order chi connectivity index (χ0) is 38.0. The predicted octanol–water partition coefficient (Wildman–Crippen LogP) is 7.52. The Morgan fingerprint density at radius 3 is 1.66 bits per heavy atom. The third kappa shape index (κ3) is 14.4. The molecule has 4 aromatic rings. The molecule has 280 valence electrons. The average molecular weight is 719 g/mol. The largest absolute Gasteiger partial charge is 0.478 e. The van der Waals surface area contributed by atoms with Gasteiger partial charge in [0.15, 0.2) is 0 Å². The summed E-state index contributed by atoms with van der Waals surface area (Å²) >= 11 is 0. The topological polar surface area (TPSA) is 117 Å². The van der Waals surface area contributed by atoms with Gasteiger partial charge in [0.2, 0.25) is 5.91 Å². The van der Waals surface area contributed by atoms with E-state index >= 15 is 0 Å². The van der Waals surface area contributed by atoms with Gasteiger partial charge in [-0.1, -0.05) is 84.9 Å². The predicted molar refractivity (Wildman–Crippen MR) is 216 cm³/mol. The number of carbonyl (C=O) groups excluding carboxylic acids is 1. The number of nitrogens with two attached hydrogens (primary N) is 1. The molecule has 0 aromatic heterocycles. The van der Waals surface area contributed by atoms with E-state index in [0.29, 0.717) is 6.10 Å². The number of amides is 1. The van der Waals surface area contributed by atoms with Crippen molar-refractivity contribution in [1.29, 1.82) is 0 Å². The van der Waals surface area contributed by atoms with Gasteiger partial charge in [0.1, 0.15) is 0 Å².